The van der Waals surface area contributed by atoms with Gasteiger partial charge >= 0.3 is 5.97 Å². The Balaban J connectivity index is 2.01. The number of hydrogen-bond acceptors (Lipinski definition) is 4. The van der Waals surface area contributed by atoms with Gasteiger partial charge in [0.15, 0.2) is 11.6 Å². The van der Waals surface area contributed by atoms with Gasteiger partial charge in [0.25, 0.3) is 10.0 Å². The number of carboxylic acids is 1. The number of aromatic carboxylic acids is 1. The Morgan fingerprint density at radius 1 is 1.18 bits per heavy atom. The first-order valence-corrected chi connectivity index (χ1v) is 10.3. The number of piperidine rings is 1. The molecule has 6 nitrogen and oxygen atoms in total. The van der Waals surface area contributed by atoms with Crippen LogP contribution in [0.15, 0.2) is 41.3 Å². The molecule has 1 atom stereocenters. The van der Waals surface area contributed by atoms with E-state index in [2.05, 4.69) is 11.6 Å². The predicted molar refractivity (Wildman–Crippen MR) is 101 cm³/mol. The Bertz CT molecular complexity index is 1010. The van der Waals surface area contributed by atoms with Crippen LogP contribution >= 0.6 is 0 Å². The Morgan fingerprint density at radius 3 is 2.57 bits per heavy atom. The van der Waals surface area contributed by atoms with Gasteiger partial charge in [0.05, 0.1) is 21.8 Å². The number of nitrogens with one attached hydrogen (secondary N) is 1. The summed E-state index contributed by atoms with van der Waals surface area (Å²) in [6, 6.07) is 6.46. The summed E-state index contributed by atoms with van der Waals surface area (Å²) in [5.74, 6) is -3.24. The number of carboxylic acid groups (broad SMARTS) is 1. The number of carbonyl (C=O) groups is 1. The van der Waals surface area contributed by atoms with E-state index in [0.29, 0.717) is 30.8 Å². The molecule has 9 heteroatoms. The molecule has 0 bridgehead atoms. The topological polar surface area (TPSA) is 86.7 Å². The van der Waals surface area contributed by atoms with Gasteiger partial charge in [0.1, 0.15) is 0 Å². The Hall–Kier alpha value is -2.68. The normalized spacial score (nSPS) is 17.4. The number of nitrogens with zero attached hydrogens (tertiary/aromatic N) is 1. The molecule has 0 amide bonds. The lowest BCUT2D eigenvalue weighted by molar-refractivity contribution is 0.0697. The molecule has 0 spiro atoms. The fraction of sp³-hybridized carbons (Fsp3) is 0.316. The van der Waals surface area contributed by atoms with Crippen molar-refractivity contribution in [2.75, 3.05) is 22.7 Å². The Kier molecular flexibility index (Phi) is 5.55. The smallest absolute Gasteiger partial charge is 0.335 e. The Morgan fingerprint density at radius 2 is 1.93 bits per heavy atom. The van der Waals surface area contributed by atoms with Crippen molar-refractivity contribution in [3.63, 3.8) is 0 Å². The fourth-order valence-corrected chi connectivity index (χ4v) is 4.36. The number of sulfonamides is 1. The van der Waals surface area contributed by atoms with Crippen LogP contribution in [0.4, 0.5) is 20.2 Å². The van der Waals surface area contributed by atoms with E-state index in [-0.39, 0.29) is 11.3 Å². The molecule has 28 heavy (non-hydrogen) atoms. The standard InChI is InChI=1S/C19H20F2N2O4S/c1-12-3-2-8-23(11-12)18-7-4-13(19(24)25)9-17(18)22-28(26,27)14-5-6-15(20)16(21)10-14/h4-7,9-10,12,22H,2-3,8,11H2,1H3,(H,24,25)/t12-/m1/s1. The first-order valence-electron chi connectivity index (χ1n) is 8.77. The van der Waals surface area contributed by atoms with Crippen LogP contribution < -0.4 is 9.62 Å². The lowest BCUT2D eigenvalue weighted by Crippen LogP contribution is -2.35. The van der Waals surface area contributed by atoms with E-state index in [0.717, 1.165) is 25.0 Å². The molecule has 1 heterocycles. The zero-order chi connectivity index (χ0) is 20.5. The molecule has 1 aliphatic rings. The third-order valence-electron chi connectivity index (χ3n) is 4.69. The van der Waals surface area contributed by atoms with E-state index >= 15 is 0 Å². The minimum atomic E-state index is -4.25. The molecule has 3 rings (SSSR count). The van der Waals surface area contributed by atoms with Gasteiger partial charge in [-0.3, -0.25) is 4.72 Å². The monoisotopic (exact) mass is 410 g/mol. The van der Waals surface area contributed by atoms with Crippen molar-refractivity contribution in [1.82, 2.24) is 0 Å². The second kappa shape index (κ2) is 7.75. The zero-order valence-corrected chi connectivity index (χ0v) is 16.0. The van der Waals surface area contributed by atoms with Gasteiger partial charge in [0, 0.05) is 13.1 Å². The number of benzene rings is 2. The minimum absolute atomic E-state index is 0.0822. The maximum Gasteiger partial charge on any atom is 0.335 e. The molecular weight excluding hydrogens is 390 g/mol. The lowest BCUT2D eigenvalue weighted by atomic mass is 9.99. The third-order valence-corrected chi connectivity index (χ3v) is 6.05. The van der Waals surface area contributed by atoms with Gasteiger partial charge in [-0.2, -0.15) is 0 Å². The van der Waals surface area contributed by atoms with Crippen molar-refractivity contribution in [2.45, 2.75) is 24.7 Å². The zero-order valence-electron chi connectivity index (χ0n) is 15.2. The average molecular weight is 410 g/mol. The van der Waals surface area contributed by atoms with Crippen molar-refractivity contribution >= 4 is 27.4 Å². The molecule has 1 aliphatic heterocycles. The van der Waals surface area contributed by atoms with Crippen molar-refractivity contribution in [1.29, 1.82) is 0 Å². The maximum atomic E-state index is 13.5. The third kappa shape index (κ3) is 4.24. The Labute approximate surface area is 161 Å². The second-order valence-corrected chi connectivity index (χ2v) is 8.59. The van der Waals surface area contributed by atoms with E-state index in [4.69, 9.17) is 0 Å². The van der Waals surface area contributed by atoms with E-state index in [1.165, 1.54) is 12.1 Å². The van der Waals surface area contributed by atoms with Crippen LogP contribution in [0.1, 0.15) is 30.1 Å². The molecule has 2 N–H and O–H groups in total. The van der Waals surface area contributed by atoms with E-state index in [1.54, 1.807) is 6.07 Å². The van der Waals surface area contributed by atoms with Crippen LogP contribution in [0.25, 0.3) is 0 Å². The number of rotatable bonds is 5. The lowest BCUT2D eigenvalue weighted by Gasteiger charge is -2.34. The van der Waals surface area contributed by atoms with Crippen molar-refractivity contribution in [2.24, 2.45) is 5.92 Å². The molecule has 0 saturated carbocycles. The fourth-order valence-electron chi connectivity index (χ4n) is 3.28. The molecule has 150 valence electrons. The van der Waals surface area contributed by atoms with Crippen LogP contribution in [0.5, 0.6) is 0 Å². The summed E-state index contributed by atoms with van der Waals surface area (Å²) >= 11 is 0. The molecule has 1 fully saturated rings. The molecule has 2 aromatic rings. The van der Waals surface area contributed by atoms with Crippen LogP contribution in [0, 0.1) is 17.6 Å². The molecule has 0 aromatic heterocycles. The average Bonchev–Trinajstić information content (AvgIpc) is 2.63. The van der Waals surface area contributed by atoms with Gasteiger partial charge in [-0.15, -0.1) is 0 Å². The number of anilines is 2. The summed E-state index contributed by atoms with van der Waals surface area (Å²) in [5.41, 5.74) is 0.540. The van der Waals surface area contributed by atoms with Gasteiger partial charge in [-0.05, 0) is 55.2 Å². The first kappa shape index (κ1) is 20.1. The van der Waals surface area contributed by atoms with Gasteiger partial charge < -0.3 is 10.0 Å². The molecule has 1 saturated heterocycles. The van der Waals surface area contributed by atoms with Crippen molar-refractivity contribution < 1.29 is 27.1 Å². The first-order chi connectivity index (χ1) is 13.2. The van der Waals surface area contributed by atoms with E-state index in [1.807, 2.05) is 4.90 Å². The molecule has 0 unspecified atom stereocenters. The number of hydrogen-bond donors (Lipinski definition) is 2. The van der Waals surface area contributed by atoms with Crippen molar-refractivity contribution in [3.05, 3.63) is 53.6 Å². The highest BCUT2D eigenvalue weighted by Gasteiger charge is 2.24. The van der Waals surface area contributed by atoms with Gasteiger partial charge in [-0.1, -0.05) is 6.92 Å². The summed E-state index contributed by atoms with van der Waals surface area (Å²) in [4.78, 5) is 12.9. The summed E-state index contributed by atoms with van der Waals surface area (Å²) in [6.07, 6.45) is 1.98. The quantitative estimate of drug-likeness (QED) is 0.785. The van der Waals surface area contributed by atoms with Crippen LogP contribution in [0.3, 0.4) is 0 Å². The number of halogens is 2. The van der Waals surface area contributed by atoms with Crippen LogP contribution in [0.2, 0.25) is 0 Å². The van der Waals surface area contributed by atoms with Gasteiger partial charge in [0.2, 0.25) is 0 Å². The molecule has 0 radical (unpaired) electrons. The molecular formula is C19H20F2N2O4S. The highest BCUT2D eigenvalue weighted by molar-refractivity contribution is 7.92. The highest BCUT2D eigenvalue weighted by Crippen LogP contribution is 2.32. The summed E-state index contributed by atoms with van der Waals surface area (Å²) in [6.45, 7) is 3.49. The minimum Gasteiger partial charge on any atom is -0.478 e. The maximum absolute atomic E-state index is 13.5. The second-order valence-electron chi connectivity index (χ2n) is 6.91. The van der Waals surface area contributed by atoms with E-state index in [9.17, 15) is 27.1 Å². The molecule has 0 aliphatic carbocycles. The van der Waals surface area contributed by atoms with Gasteiger partial charge in [-0.25, -0.2) is 22.0 Å². The largest absolute Gasteiger partial charge is 0.478 e. The van der Waals surface area contributed by atoms with Crippen LogP contribution in [-0.2, 0) is 10.0 Å². The highest BCUT2D eigenvalue weighted by atomic mass is 32.2. The predicted octanol–water partition coefficient (Wildman–Crippen LogP) is 3.70. The summed E-state index contributed by atoms with van der Waals surface area (Å²) < 4.78 is 54.3. The summed E-state index contributed by atoms with van der Waals surface area (Å²) in [5, 5.41) is 9.25. The van der Waals surface area contributed by atoms with E-state index < -0.39 is 32.5 Å². The van der Waals surface area contributed by atoms with Crippen LogP contribution in [-0.4, -0.2) is 32.6 Å². The van der Waals surface area contributed by atoms with Crippen molar-refractivity contribution in [3.8, 4) is 0 Å². The SMILES string of the molecule is C[C@@H]1CCCN(c2ccc(C(=O)O)cc2NS(=O)(=O)c2ccc(F)c(F)c2)C1. The summed E-state index contributed by atoms with van der Waals surface area (Å²) in [7, 11) is -4.25. The molecule has 2 aromatic carbocycles.